The zero-order chi connectivity index (χ0) is 18.4. The van der Waals surface area contributed by atoms with Gasteiger partial charge in [0.2, 0.25) is 5.91 Å². The van der Waals surface area contributed by atoms with Gasteiger partial charge in [0, 0.05) is 43.9 Å². The molecule has 0 N–H and O–H groups in total. The molecule has 1 aliphatic rings. The van der Waals surface area contributed by atoms with E-state index in [2.05, 4.69) is 16.9 Å². The lowest BCUT2D eigenvalue weighted by Crippen LogP contribution is -2.54. The Balaban J connectivity index is 2.03. The average molecular weight is 386 g/mol. The minimum atomic E-state index is -1.18. The minimum Gasteiger partial charge on any atom is -0.549 e. The van der Waals surface area contributed by atoms with Crippen molar-refractivity contribution < 1.29 is 14.7 Å². The second-order valence-electron chi connectivity index (χ2n) is 5.98. The molecule has 1 fully saturated rings. The number of carboxylic acid groups (broad SMARTS) is 1. The van der Waals surface area contributed by atoms with Gasteiger partial charge in [0.1, 0.15) is 11.0 Å². The molecule has 0 spiro atoms. The highest BCUT2D eigenvalue weighted by molar-refractivity contribution is 7.99. The fourth-order valence-electron chi connectivity index (χ4n) is 2.74. The highest BCUT2D eigenvalue weighted by Crippen LogP contribution is 2.24. The quantitative estimate of drug-likeness (QED) is 0.395. The summed E-state index contributed by atoms with van der Waals surface area (Å²) in [5, 5.41) is 11.2. The van der Waals surface area contributed by atoms with Gasteiger partial charge < -0.3 is 19.7 Å². The number of anilines is 1. The van der Waals surface area contributed by atoms with Crippen LogP contribution in [0.25, 0.3) is 0 Å². The van der Waals surface area contributed by atoms with Crippen molar-refractivity contribution in [1.82, 2.24) is 14.9 Å². The van der Waals surface area contributed by atoms with Gasteiger partial charge in [0.25, 0.3) is 0 Å². The third-order valence-electron chi connectivity index (χ3n) is 4.00. The second kappa shape index (κ2) is 9.24. The first-order valence-corrected chi connectivity index (χ1v) is 9.68. The number of rotatable bonds is 7. The van der Waals surface area contributed by atoms with E-state index in [4.69, 9.17) is 11.6 Å². The van der Waals surface area contributed by atoms with Crippen LogP contribution in [-0.4, -0.2) is 58.2 Å². The predicted molar refractivity (Wildman–Crippen MR) is 95.7 cm³/mol. The van der Waals surface area contributed by atoms with E-state index in [1.165, 1.54) is 0 Å². The van der Waals surface area contributed by atoms with Gasteiger partial charge in [0.05, 0.1) is 5.97 Å². The van der Waals surface area contributed by atoms with E-state index in [0.29, 0.717) is 37.0 Å². The summed E-state index contributed by atoms with van der Waals surface area (Å²) in [4.78, 5) is 35.2. The van der Waals surface area contributed by atoms with Crippen LogP contribution >= 0.6 is 23.4 Å². The second-order valence-corrected chi connectivity index (χ2v) is 7.31. The normalized spacial score (nSPS) is 17.6. The number of halogens is 1. The Morgan fingerprint density at radius 2 is 2.16 bits per heavy atom. The summed E-state index contributed by atoms with van der Waals surface area (Å²) >= 11 is 7.01. The molecule has 0 saturated carbocycles. The molecule has 9 heteroatoms. The summed E-state index contributed by atoms with van der Waals surface area (Å²) in [5.41, 5.74) is 0. The Hall–Kier alpha value is -1.54. The van der Waals surface area contributed by atoms with Gasteiger partial charge in [-0.05, 0) is 13.3 Å². The van der Waals surface area contributed by atoms with E-state index in [1.807, 2.05) is 16.7 Å². The van der Waals surface area contributed by atoms with Gasteiger partial charge in [-0.25, -0.2) is 9.97 Å². The summed E-state index contributed by atoms with van der Waals surface area (Å²) < 4.78 is 0. The molecular weight excluding hydrogens is 364 g/mol. The third kappa shape index (κ3) is 5.74. The number of piperazine rings is 1. The summed E-state index contributed by atoms with van der Waals surface area (Å²) in [6, 6.07) is 1.73. The zero-order valence-electron chi connectivity index (χ0n) is 14.4. The van der Waals surface area contributed by atoms with Gasteiger partial charge in [0.15, 0.2) is 5.16 Å². The molecular formula is C16H22ClN4O3S-. The molecule has 1 atom stereocenters. The molecule has 138 valence electrons. The molecule has 2 rings (SSSR count). The lowest BCUT2D eigenvalue weighted by atomic mass is 10.1. The van der Waals surface area contributed by atoms with Crippen molar-refractivity contribution in [2.75, 3.05) is 30.3 Å². The SMILES string of the molecule is CCCCC(=O)N1CCN(c2cc(Cl)nc(SCC(=O)[O-])n2)C[C@@H]1C. The number of thioether (sulfide) groups is 1. The summed E-state index contributed by atoms with van der Waals surface area (Å²) in [6.45, 7) is 6.02. The van der Waals surface area contributed by atoms with E-state index >= 15 is 0 Å². The average Bonchev–Trinajstić information content (AvgIpc) is 2.57. The number of aliphatic carboxylic acids is 1. The fourth-order valence-corrected chi connectivity index (χ4v) is 3.54. The molecule has 0 radical (unpaired) electrons. The van der Waals surface area contributed by atoms with Crippen LogP contribution in [0.1, 0.15) is 33.1 Å². The van der Waals surface area contributed by atoms with E-state index < -0.39 is 5.97 Å². The topological polar surface area (TPSA) is 89.5 Å². The van der Waals surface area contributed by atoms with Crippen LogP contribution < -0.4 is 10.0 Å². The molecule has 1 amide bonds. The van der Waals surface area contributed by atoms with E-state index in [0.717, 1.165) is 24.6 Å². The van der Waals surface area contributed by atoms with Crippen LogP contribution in [0.5, 0.6) is 0 Å². The number of aromatic nitrogens is 2. The van der Waals surface area contributed by atoms with Gasteiger partial charge in [-0.3, -0.25) is 4.79 Å². The molecule has 1 saturated heterocycles. The number of nitrogens with zero attached hydrogens (tertiary/aromatic N) is 4. The lowest BCUT2D eigenvalue weighted by molar-refractivity contribution is -0.301. The molecule has 0 aromatic carbocycles. The van der Waals surface area contributed by atoms with Crippen molar-refractivity contribution in [3.05, 3.63) is 11.2 Å². The highest BCUT2D eigenvalue weighted by Gasteiger charge is 2.28. The molecule has 1 aromatic rings. The third-order valence-corrected chi connectivity index (χ3v) is 5.01. The number of carboxylic acids is 1. The van der Waals surface area contributed by atoms with Gasteiger partial charge in [-0.2, -0.15) is 0 Å². The maximum Gasteiger partial charge on any atom is 0.222 e. The standard InChI is InChI=1S/C16H23ClN4O3S/c1-3-4-5-14(22)21-7-6-20(9-11(21)2)13-8-12(17)18-16(19-13)25-10-15(23)24/h8,11H,3-7,9-10H2,1-2H3,(H,23,24)/p-1/t11-/m0/s1. The smallest absolute Gasteiger partial charge is 0.222 e. The van der Waals surface area contributed by atoms with E-state index in [-0.39, 0.29) is 22.9 Å². The Morgan fingerprint density at radius 3 is 2.80 bits per heavy atom. The summed E-state index contributed by atoms with van der Waals surface area (Å²) in [7, 11) is 0. The first-order chi connectivity index (χ1) is 11.9. The van der Waals surface area contributed by atoms with Crippen LogP contribution in [0.2, 0.25) is 5.15 Å². The maximum atomic E-state index is 12.3. The van der Waals surface area contributed by atoms with Crippen molar-refractivity contribution in [2.24, 2.45) is 0 Å². The minimum absolute atomic E-state index is 0.0752. The monoisotopic (exact) mass is 385 g/mol. The Bertz CT molecular complexity index is 631. The van der Waals surface area contributed by atoms with Gasteiger partial charge in [-0.15, -0.1) is 0 Å². The van der Waals surface area contributed by atoms with Crippen molar-refractivity contribution in [3.8, 4) is 0 Å². The molecule has 25 heavy (non-hydrogen) atoms. The number of amides is 1. The molecule has 1 aliphatic heterocycles. The van der Waals surface area contributed by atoms with Crippen LogP contribution in [0, 0.1) is 0 Å². The number of carbonyl (C=O) groups is 2. The number of unbranched alkanes of at least 4 members (excludes halogenated alkanes) is 1. The largest absolute Gasteiger partial charge is 0.549 e. The molecule has 2 heterocycles. The van der Waals surface area contributed by atoms with Crippen molar-refractivity contribution in [3.63, 3.8) is 0 Å². The van der Waals surface area contributed by atoms with Crippen molar-refractivity contribution in [2.45, 2.75) is 44.3 Å². The van der Waals surface area contributed by atoms with E-state index in [9.17, 15) is 14.7 Å². The lowest BCUT2D eigenvalue weighted by Gasteiger charge is -2.40. The van der Waals surface area contributed by atoms with Crippen LogP contribution in [-0.2, 0) is 9.59 Å². The predicted octanol–water partition coefficient (Wildman–Crippen LogP) is 1.20. The van der Waals surface area contributed by atoms with Crippen LogP contribution in [0.3, 0.4) is 0 Å². The molecule has 0 bridgehead atoms. The number of hydrogen-bond donors (Lipinski definition) is 0. The number of hydrogen-bond acceptors (Lipinski definition) is 7. The highest BCUT2D eigenvalue weighted by atomic mass is 35.5. The van der Waals surface area contributed by atoms with Crippen LogP contribution in [0.15, 0.2) is 11.2 Å². The Labute approximate surface area is 156 Å². The number of carbonyl (C=O) groups excluding carboxylic acids is 2. The molecule has 0 unspecified atom stereocenters. The van der Waals surface area contributed by atoms with Gasteiger partial charge in [-0.1, -0.05) is 36.7 Å². The Kier molecular flexibility index (Phi) is 7.31. The zero-order valence-corrected chi connectivity index (χ0v) is 16.0. The molecule has 1 aromatic heterocycles. The first kappa shape index (κ1) is 19.8. The maximum absolute atomic E-state index is 12.3. The van der Waals surface area contributed by atoms with Crippen molar-refractivity contribution in [1.29, 1.82) is 0 Å². The summed E-state index contributed by atoms with van der Waals surface area (Å²) in [5.74, 6) is -0.563. The molecule has 7 nitrogen and oxygen atoms in total. The Morgan fingerprint density at radius 1 is 1.40 bits per heavy atom. The van der Waals surface area contributed by atoms with Crippen LogP contribution in [0.4, 0.5) is 5.82 Å². The molecule has 0 aliphatic carbocycles. The summed E-state index contributed by atoms with van der Waals surface area (Å²) in [6.07, 6.45) is 2.50. The van der Waals surface area contributed by atoms with Gasteiger partial charge >= 0.3 is 0 Å². The fraction of sp³-hybridized carbons (Fsp3) is 0.625. The van der Waals surface area contributed by atoms with Crippen molar-refractivity contribution >= 4 is 41.1 Å². The first-order valence-electron chi connectivity index (χ1n) is 8.32. The van der Waals surface area contributed by atoms with E-state index in [1.54, 1.807) is 6.07 Å².